The summed E-state index contributed by atoms with van der Waals surface area (Å²) in [6.45, 7) is 0. The number of hydrogen-bond acceptors (Lipinski definition) is 1. The molecule has 1 nitrogen and oxygen atoms in total. The van der Waals surface area contributed by atoms with Gasteiger partial charge in [-0.1, -0.05) is 22.0 Å². The predicted octanol–water partition coefficient (Wildman–Crippen LogP) is 3.05. The molecule has 1 aliphatic rings. The lowest BCUT2D eigenvalue weighted by atomic mass is 10.1. The Labute approximate surface area is 91.1 Å². The van der Waals surface area contributed by atoms with Crippen molar-refractivity contribution in [3.05, 3.63) is 34.1 Å². The summed E-state index contributed by atoms with van der Waals surface area (Å²) in [7, 11) is 0. The number of halogens is 2. The summed E-state index contributed by atoms with van der Waals surface area (Å²) >= 11 is 3.31. The smallest absolute Gasteiger partial charge is 0.124 e. The SMILES string of the molecule is OC1(CCc2ccc(F)cc2Br)CC1. The number of hydrogen-bond donors (Lipinski definition) is 1. The Hall–Kier alpha value is -0.410. The minimum atomic E-state index is -0.423. The van der Waals surface area contributed by atoms with E-state index in [4.69, 9.17) is 0 Å². The number of aliphatic hydroxyl groups is 1. The van der Waals surface area contributed by atoms with Crippen molar-refractivity contribution in [2.45, 2.75) is 31.3 Å². The van der Waals surface area contributed by atoms with E-state index in [-0.39, 0.29) is 5.82 Å². The van der Waals surface area contributed by atoms with Gasteiger partial charge in [-0.25, -0.2) is 4.39 Å². The molecule has 0 radical (unpaired) electrons. The van der Waals surface area contributed by atoms with Crippen LogP contribution in [0, 0.1) is 5.82 Å². The zero-order valence-corrected chi connectivity index (χ0v) is 9.35. The lowest BCUT2D eigenvalue weighted by molar-refractivity contribution is 0.140. The Balaban J connectivity index is 2.02. The third-order valence-electron chi connectivity index (χ3n) is 2.70. The zero-order valence-electron chi connectivity index (χ0n) is 7.76. The fourth-order valence-corrected chi connectivity index (χ4v) is 2.04. The quantitative estimate of drug-likeness (QED) is 0.884. The van der Waals surface area contributed by atoms with Gasteiger partial charge in [0, 0.05) is 4.47 Å². The van der Waals surface area contributed by atoms with E-state index in [1.165, 1.54) is 12.1 Å². The Kier molecular flexibility index (Phi) is 2.62. The third kappa shape index (κ3) is 2.34. The molecule has 3 heteroatoms. The second-order valence-electron chi connectivity index (χ2n) is 3.96. The van der Waals surface area contributed by atoms with Crippen molar-refractivity contribution in [1.82, 2.24) is 0 Å². The van der Waals surface area contributed by atoms with Gasteiger partial charge in [0.25, 0.3) is 0 Å². The Morgan fingerprint density at radius 1 is 1.43 bits per heavy atom. The second kappa shape index (κ2) is 3.63. The molecule has 1 N–H and O–H groups in total. The van der Waals surface area contributed by atoms with E-state index in [2.05, 4.69) is 15.9 Å². The van der Waals surface area contributed by atoms with E-state index in [0.717, 1.165) is 35.7 Å². The van der Waals surface area contributed by atoms with Crippen LogP contribution >= 0.6 is 15.9 Å². The van der Waals surface area contributed by atoms with Gasteiger partial charge in [-0.05, 0) is 43.4 Å². The molecule has 0 spiro atoms. The highest BCUT2D eigenvalue weighted by Gasteiger charge is 2.39. The van der Waals surface area contributed by atoms with Crippen LogP contribution in [0.4, 0.5) is 4.39 Å². The molecule has 1 aliphatic carbocycles. The molecule has 0 aromatic heterocycles. The summed E-state index contributed by atoms with van der Waals surface area (Å²) in [6, 6.07) is 4.69. The van der Waals surface area contributed by atoms with Gasteiger partial charge in [-0.3, -0.25) is 0 Å². The van der Waals surface area contributed by atoms with Gasteiger partial charge in [0.2, 0.25) is 0 Å². The largest absolute Gasteiger partial charge is 0.390 e. The van der Waals surface area contributed by atoms with Crippen LogP contribution in [-0.4, -0.2) is 10.7 Å². The normalized spacial score (nSPS) is 18.2. The molecule has 2 rings (SSSR count). The lowest BCUT2D eigenvalue weighted by Crippen LogP contribution is -2.07. The summed E-state index contributed by atoms with van der Waals surface area (Å²) in [6.07, 6.45) is 3.40. The molecule has 14 heavy (non-hydrogen) atoms. The highest BCUT2D eigenvalue weighted by atomic mass is 79.9. The Bertz CT molecular complexity index is 347. The minimum absolute atomic E-state index is 0.231. The van der Waals surface area contributed by atoms with Crippen LogP contribution in [0.5, 0.6) is 0 Å². The average molecular weight is 259 g/mol. The van der Waals surface area contributed by atoms with Crippen molar-refractivity contribution in [3.63, 3.8) is 0 Å². The highest BCUT2D eigenvalue weighted by Crippen LogP contribution is 2.39. The van der Waals surface area contributed by atoms with Gasteiger partial charge in [0.1, 0.15) is 5.82 Å². The maximum Gasteiger partial charge on any atom is 0.124 e. The second-order valence-corrected chi connectivity index (χ2v) is 4.81. The molecular weight excluding hydrogens is 247 g/mol. The topological polar surface area (TPSA) is 20.2 Å². The number of aryl methyl sites for hydroxylation is 1. The summed E-state index contributed by atoms with van der Waals surface area (Å²) in [4.78, 5) is 0. The Morgan fingerprint density at radius 3 is 2.71 bits per heavy atom. The summed E-state index contributed by atoms with van der Waals surface area (Å²) in [5.74, 6) is -0.231. The first-order valence-corrected chi connectivity index (χ1v) is 5.55. The summed E-state index contributed by atoms with van der Waals surface area (Å²) in [5.41, 5.74) is 0.639. The molecule has 0 atom stereocenters. The molecule has 76 valence electrons. The molecule has 0 bridgehead atoms. The molecule has 0 unspecified atom stereocenters. The van der Waals surface area contributed by atoms with Crippen LogP contribution in [-0.2, 0) is 6.42 Å². The van der Waals surface area contributed by atoms with E-state index in [1.54, 1.807) is 6.07 Å². The van der Waals surface area contributed by atoms with Crippen molar-refractivity contribution < 1.29 is 9.50 Å². The van der Waals surface area contributed by atoms with Crippen LogP contribution in [0.2, 0.25) is 0 Å². The lowest BCUT2D eigenvalue weighted by Gasteiger charge is -2.08. The van der Waals surface area contributed by atoms with Crippen LogP contribution < -0.4 is 0 Å². The highest BCUT2D eigenvalue weighted by molar-refractivity contribution is 9.10. The van der Waals surface area contributed by atoms with Crippen molar-refractivity contribution in [2.75, 3.05) is 0 Å². The van der Waals surface area contributed by atoms with Crippen LogP contribution in [0.1, 0.15) is 24.8 Å². The fourth-order valence-electron chi connectivity index (χ4n) is 1.49. The van der Waals surface area contributed by atoms with Gasteiger partial charge >= 0.3 is 0 Å². The van der Waals surface area contributed by atoms with Gasteiger partial charge in [-0.2, -0.15) is 0 Å². The number of benzene rings is 1. The van der Waals surface area contributed by atoms with Crippen molar-refractivity contribution in [1.29, 1.82) is 0 Å². The maximum absolute atomic E-state index is 12.8. The van der Waals surface area contributed by atoms with Gasteiger partial charge < -0.3 is 5.11 Å². The van der Waals surface area contributed by atoms with E-state index < -0.39 is 5.60 Å². The number of rotatable bonds is 3. The van der Waals surface area contributed by atoms with Crippen LogP contribution in [0.25, 0.3) is 0 Å². The molecule has 1 saturated carbocycles. The van der Waals surface area contributed by atoms with Crippen molar-refractivity contribution >= 4 is 15.9 Å². The maximum atomic E-state index is 12.8. The average Bonchev–Trinajstić information content (AvgIpc) is 2.83. The van der Waals surface area contributed by atoms with E-state index in [0.29, 0.717) is 0 Å². The summed E-state index contributed by atoms with van der Waals surface area (Å²) in [5, 5.41) is 9.65. The third-order valence-corrected chi connectivity index (χ3v) is 3.44. The Morgan fingerprint density at radius 2 is 2.14 bits per heavy atom. The predicted molar refractivity (Wildman–Crippen MR) is 56.6 cm³/mol. The fraction of sp³-hybridized carbons (Fsp3) is 0.455. The van der Waals surface area contributed by atoms with Crippen molar-refractivity contribution in [3.8, 4) is 0 Å². The van der Waals surface area contributed by atoms with Gasteiger partial charge in [0.05, 0.1) is 5.60 Å². The van der Waals surface area contributed by atoms with E-state index >= 15 is 0 Å². The van der Waals surface area contributed by atoms with E-state index in [1.807, 2.05) is 0 Å². The van der Waals surface area contributed by atoms with Gasteiger partial charge in [0.15, 0.2) is 0 Å². The molecule has 1 aromatic carbocycles. The van der Waals surface area contributed by atoms with E-state index in [9.17, 15) is 9.50 Å². The van der Waals surface area contributed by atoms with Crippen molar-refractivity contribution in [2.24, 2.45) is 0 Å². The zero-order chi connectivity index (χ0) is 10.2. The summed E-state index contributed by atoms with van der Waals surface area (Å²) < 4.78 is 13.5. The standard InChI is InChI=1S/C11H12BrFO/c12-10-7-9(13)2-1-8(10)3-4-11(14)5-6-11/h1-2,7,14H,3-6H2. The monoisotopic (exact) mass is 258 g/mol. The molecular formula is C11H12BrFO. The molecule has 0 heterocycles. The molecule has 1 fully saturated rings. The first-order chi connectivity index (χ1) is 6.59. The minimum Gasteiger partial charge on any atom is -0.390 e. The van der Waals surface area contributed by atoms with Gasteiger partial charge in [-0.15, -0.1) is 0 Å². The molecule has 0 aliphatic heterocycles. The molecule has 1 aromatic rings. The first kappa shape index (κ1) is 10.1. The van der Waals surface area contributed by atoms with Crippen LogP contribution in [0.3, 0.4) is 0 Å². The molecule has 0 saturated heterocycles. The molecule has 0 amide bonds. The van der Waals surface area contributed by atoms with Crippen LogP contribution in [0.15, 0.2) is 22.7 Å². The first-order valence-electron chi connectivity index (χ1n) is 4.75.